The molecule has 0 atom stereocenters. The fourth-order valence-electron chi connectivity index (χ4n) is 1.32. The molecule has 0 heterocycles. The third-order valence-electron chi connectivity index (χ3n) is 2.08. The van der Waals surface area contributed by atoms with Crippen molar-refractivity contribution in [2.24, 2.45) is 0 Å². The molecule has 0 aromatic heterocycles. The van der Waals surface area contributed by atoms with Crippen LogP contribution in [0.4, 0.5) is 5.69 Å². The minimum absolute atomic E-state index is 0.250. The molecule has 4 nitrogen and oxygen atoms in total. The van der Waals surface area contributed by atoms with Crippen LogP contribution in [-0.2, 0) is 10.0 Å². The molecule has 2 rings (SSSR count). The van der Waals surface area contributed by atoms with Gasteiger partial charge in [-0.3, -0.25) is 4.72 Å². The van der Waals surface area contributed by atoms with Crippen molar-refractivity contribution in [2.45, 2.75) is 11.8 Å². The van der Waals surface area contributed by atoms with E-state index in [4.69, 9.17) is 5.11 Å². The van der Waals surface area contributed by atoms with Crippen molar-refractivity contribution < 1.29 is 13.5 Å². The summed E-state index contributed by atoms with van der Waals surface area (Å²) in [6, 6.07) is 17.1. The Kier molecular flexibility index (Phi) is 6.05. The van der Waals surface area contributed by atoms with Gasteiger partial charge < -0.3 is 5.11 Å². The summed E-state index contributed by atoms with van der Waals surface area (Å²) >= 11 is 0. The van der Waals surface area contributed by atoms with Crippen LogP contribution >= 0.6 is 0 Å². The van der Waals surface area contributed by atoms with E-state index >= 15 is 0 Å². The molecule has 0 spiro atoms. The number of hydrogen-bond acceptors (Lipinski definition) is 3. The van der Waals surface area contributed by atoms with E-state index in [9.17, 15) is 8.42 Å². The van der Waals surface area contributed by atoms with Gasteiger partial charge in [-0.2, -0.15) is 0 Å². The van der Waals surface area contributed by atoms with Gasteiger partial charge in [0.1, 0.15) is 0 Å². The molecule has 0 aliphatic carbocycles. The van der Waals surface area contributed by atoms with E-state index in [1.807, 2.05) is 6.07 Å². The molecule has 0 radical (unpaired) electrons. The maximum Gasteiger partial charge on any atom is 0.261 e. The lowest BCUT2D eigenvalue weighted by Gasteiger charge is -2.07. The average molecular weight is 279 g/mol. The first kappa shape index (κ1) is 15.2. The number of sulfonamides is 1. The summed E-state index contributed by atoms with van der Waals surface area (Å²) in [5.74, 6) is 0. The second-order valence-corrected chi connectivity index (χ2v) is 5.28. The normalized spacial score (nSPS) is 10.2. The van der Waals surface area contributed by atoms with Crippen LogP contribution in [0.5, 0.6) is 0 Å². The van der Waals surface area contributed by atoms with Crippen molar-refractivity contribution in [1.82, 2.24) is 0 Å². The molecule has 0 unspecified atom stereocenters. The Hall–Kier alpha value is -1.85. The Labute approximate surface area is 113 Å². The van der Waals surface area contributed by atoms with Crippen LogP contribution in [0.25, 0.3) is 0 Å². The molecule has 0 aliphatic rings. The molecule has 2 N–H and O–H groups in total. The van der Waals surface area contributed by atoms with Crippen molar-refractivity contribution in [1.29, 1.82) is 0 Å². The van der Waals surface area contributed by atoms with Crippen molar-refractivity contribution in [3.8, 4) is 0 Å². The molecule has 0 saturated carbocycles. The van der Waals surface area contributed by atoms with Crippen molar-refractivity contribution in [2.75, 3.05) is 11.3 Å². The standard InChI is InChI=1S/C12H11NO2S.C2H6O/c14-16(15,12-9-5-2-6-10-12)13-11-7-3-1-4-8-11;1-2-3/h1-10,13H;3H,2H2,1H3. The van der Waals surface area contributed by atoms with E-state index in [1.54, 1.807) is 61.5 Å². The van der Waals surface area contributed by atoms with E-state index in [0.29, 0.717) is 5.69 Å². The second-order valence-electron chi connectivity index (χ2n) is 3.60. The molecule has 2 aromatic rings. The number of aliphatic hydroxyl groups is 1. The van der Waals surface area contributed by atoms with E-state index in [2.05, 4.69) is 4.72 Å². The van der Waals surface area contributed by atoms with Crippen LogP contribution in [0.1, 0.15) is 6.92 Å². The van der Waals surface area contributed by atoms with Crippen LogP contribution < -0.4 is 4.72 Å². The van der Waals surface area contributed by atoms with Crippen LogP contribution in [0.2, 0.25) is 0 Å². The van der Waals surface area contributed by atoms with Gasteiger partial charge in [0.05, 0.1) is 4.90 Å². The molecule has 0 bridgehead atoms. The third kappa shape index (κ3) is 5.11. The molecule has 19 heavy (non-hydrogen) atoms. The lowest BCUT2D eigenvalue weighted by Crippen LogP contribution is -2.12. The summed E-state index contributed by atoms with van der Waals surface area (Å²) < 4.78 is 26.3. The van der Waals surface area contributed by atoms with E-state index in [-0.39, 0.29) is 11.5 Å². The molecule has 2 aromatic carbocycles. The lowest BCUT2D eigenvalue weighted by molar-refractivity contribution is 0.318. The molecule has 5 heteroatoms. The van der Waals surface area contributed by atoms with Gasteiger partial charge in [-0.1, -0.05) is 36.4 Å². The SMILES string of the molecule is CCO.O=S(=O)(Nc1ccccc1)c1ccccc1. The quantitative estimate of drug-likeness (QED) is 0.907. The molecule has 0 aliphatic heterocycles. The number of aliphatic hydroxyl groups excluding tert-OH is 1. The molecular formula is C14H17NO3S. The highest BCUT2D eigenvalue weighted by molar-refractivity contribution is 7.92. The van der Waals surface area contributed by atoms with Crippen molar-refractivity contribution in [3.05, 3.63) is 60.7 Å². The predicted molar refractivity (Wildman–Crippen MR) is 76.5 cm³/mol. The Bertz CT molecular complexity index is 568. The number of anilines is 1. The van der Waals surface area contributed by atoms with Crippen LogP contribution in [-0.4, -0.2) is 20.1 Å². The summed E-state index contributed by atoms with van der Waals surface area (Å²) in [6.07, 6.45) is 0. The number of hydrogen-bond donors (Lipinski definition) is 2. The topological polar surface area (TPSA) is 66.4 Å². The molecule has 0 fully saturated rings. The molecule has 102 valence electrons. The lowest BCUT2D eigenvalue weighted by atomic mass is 10.3. The highest BCUT2D eigenvalue weighted by atomic mass is 32.2. The van der Waals surface area contributed by atoms with Gasteiger partial charge in [0, 0.05) is 12.3 Å². The van der Waals surface area contributed by atoms with Gasteiger partial charge in [0.25, 0.3) is 10.0 Å². The molecular weight excluding hydrogens is 262 g/mol. The summed E-state index contributed by atoms with van der Waals surface area (Å²) in [5.41, 5.74) is 0.561. The molecule has 0 amide bonds. The van der Waals surface area contributed by atoms with Crippen molar-refractivity contribution in [3.63, 3.8) is 0 Å². The number of nitrogens with one attached hydrogen (secondary N) is 1. The fraction of sp³-hybridized carbons (Fsp3) is 0.143. The number of para-hydroxylation sites is 1. The Morgan fingerprint density at radius 3 is 1.84 bits per heavy atom. The largest absolute Gasteiger partial charge is 0.397 e. The van der Waals surface area contributed by atoms with Crippen molar-refractivity contribution >= 4 is 15.7 Å². The van der Waals surface area contributed by atoms with E-state index in [0.717, 1.165) is 0 Å². The van der Waals surface area contributed by atoms with Crippen LogP contribution in [0.3, 0.4) is 0 Å². The highest BCUT2D eigenvalue weighted by Gasteiger charge is 2.12. The summed E-state index contributed by atoms with van der Waals surface area (Å²) in [7, 11) is -3.46. The monoisotopic (exact) mass is 279 g/mol. The van der Waals surface area contributed by atoms with E-state index < -0.39 is 10.0 Å². The first-order chi connectivity index (χ1) is 9.10. The zero-order chi connectivity index (χ0) is 14.1. The van der Waals surface area contributed by atoms with Gasteiger partial charge in [-0.05, 0) is 31.2 Å². The first-order valence-electron chi connectivity index (χ1n) is 5.84. The second kappa shape index (κ2) is 7.56. The Morgan fingerprint density at radius 1 is 0.947 bits per heavy atom. The smallest absolute Gasteiger partial charge is 0.261 e. The zero-order valence-corrected chi connectivity index (χ0v) is 11.5. The highest BCUT2D eigenvalue weighted by Crippen LogP contribution is 2.14. The van der Waals surface area contributed by atoms with Crippen LogP contribution in [0, 0.1) is 0 Å². The number of benzene rings is 2. The van der Waals surface area contributed by atoms with E-state index in [1.165, 1.54) is 0 Å². The third-order valence-corrected chi connectivity index (χ3v) is 3.48. The summed E-state index contributed by atoms with van der Waals surface area (Å²) in [4.78, 5) is 0.263. The minimum Gasteiger partial charge on any atom is -0.397 e. The average Bonchev–Trinajstić information content (AvgIpc) is 2.41. The zero-order valence-electron chi connectivity index (χ0n) is 10.7. The minimum atomic E-state index is -3.46. The first-order valence-corrected chi connectivity index (χ1v) is 7.32. The summed E-state index contributed by atoms with van der Waals surface area (Å²) in [6.45, 7) is 1.93. The number of rotatable bonds is 3. The maximum atomic E-state index is 11.9. The van der Waals surface area contributed by atoms with Gasteiger partial charge >= 0.3 is 0 Å². The molecule has 0 saturated heterocycles. The van der Waals surface area contributed by atoms with Gasteiger partial charge in [-0.25, -0.2) is 8.42 Å². The van der Waals surface area contributed by atoms with Gasteiger partial charge in [0.2, 0.25) is 0 Å². The summed E-state index contributed by atoms with van der Waals surface area (Å²) in [5, 5.41) is 7.57. The Balaban J connectivity index is 0.000000550. The van der Waals surface area contributed by atoms with Crippen LogP contribution in [0.15, 0.2) is 65.6 Å². The Morgan fingerprint density at radius 2 is 1.37 bits per heavy atom. The fourth-order valence-corrected chi connectivity index (χ4v) is 2.40. The predicted octanol–water partition coefficient (Wildman–Crippen LogP) is 2.49. The van der Waals surface area contributed by atoms with Gasteiger partial charge in [0.15, 0.2) is 0 Å². The van der Waals surface area contributed by atoms with Gasteiger partial charge in [-0.15, -0.1) is 0 Å². The maximum absolute atomic E-state index is 11.9.